The van der Waals surface area contributed by atoms with Gasteiger partial charge in [0.2, 0.25) is 0 Å². The zero-order valence-corrected chi connectivity index (χ0v) is 23.1. The van der Waals surface area contributed by atoms with Gasteiger partial charge in [-0.1, -0.05) is 48.2 Å². The molecule has 0 aromatic heterocycles. The molecule has 216 valence electrons. The maximum Gasteiger partial charge on any atom is 0.389 e. The van der Waals surface area contributed by atoms with E-state index in [2.05, 4.69) is 5.32 Å². The Kier molecular flexibility index (Phi) is 13.7. The summed E-state index contributed by atoms with van der Waals surface area (Å²) in [6, 6.07) is 11.2. The first-order chi connectivity index (χ1) is 18.5. The maximum absolute atomic E-state index is 13.0. The third-order valence-electron chi connectivity index (χ3n) is 5.72. The standard InChI is InChI=1S/C27H33Cl2F3N2O5/c1-2-38-24(25(35)36)17-19-7-10-21(11-8-19)39-16-15-34(14-6-4-3-5-13-27(30,31)32)26(37)33-23-12-9-20(28)18-22(23)29/h7-12,18,24H,2-6,13-17H2,1H3,(H,33,37)(H,35,36). The Balaban J connectivity index is 1.93. The first-order valence-corrected chi connectivity index (χ1v) is 13.4. The third-order valence-corrected chi connectivity index (χ3v) is 6.26. The Morgan fingerprint density at radius 2 is 1.72 bits per heavy atom. The number of rotatable bonds is 16. The largest absolute Gasteiger partial charge is 0.492 e. The minimum atomic E-state index is -4.17. The van der Waals surface area contributed by atoms with E-state index in [-0.39, 0.29) is 31.0 Å². The molecule has 7 nitrogen and oxygen atoms in total. The summed E-state index contributed by atoms with van der Waals surface area (Å²) >= 11 is 12.1. The minimum Gasteiger partial charge on any atom is -0.492 e. The molecular weight excluding hydrogens is 560 g/mol. The summed E-state index contributed by atoms with van der Waals surface area (Å²) < 4.78 is 48.1. The van der Waals surface area contributed by atoms with E-state index in [1.54, 1.807) is 43.3 Å². The van der Waals surface area contributed by atoms with Crippen molar-refractivity contribution in [2.75, 3.05) is 31.6 Å². The van der Waals surface area contributed by atoms with Gasteiger partial charge in [0, 0.05) is 31.0 Å². The van der Waals surface area contributed by atoms with E-state index < -0.39 is 30.7 Å². The fourth-order valence-electron chi connectivity index (χ4n) is 3.71. The molecule has 0 radical (unpaired) electrons. The second-order valence-corrected chi connectivity index (χ2v) is 9.64. The van der Waals surface area contributed by atoms with Crippen molar-refractivity contribution in [3.8, 4) is 5.75 Å². The molecule has 2 amide bonds. The first kappa shape index (κ1) is 32.5. The Bertz CT molecular complexity index is 1050. The lowest BCUT2D eigenvalue weighted by molar-refractivity contribution is -0.150. The quantitative estimate of drug-likeness (QED) is 0.198. The van der Waals surface area contributed by atoms with E-state index >= 15 is 0 Å². The third kappa shape index (κ3) is 12.8. The Hall–Kier alpha value is -2.69. The smallest absolute Gasteiger partial charge is 0.389 e. The van der Waals surface area contributed by atoms with Gasteiger partial charge in [0.1, 0.15) is 12.4 Å². The van der Waals surface area contributed by atoms with Crippen molar-refractivity contribution in [2.45, 2.75) is 57.7 Å². The van der Waals surface area contributed by atoms with E-state index in [9.17, 15) is 27.9 Å². The zero-order chi connectivity index (χ0) is 28.8. The molecule has 2 rings (SSSR count). The summed E-state index contributed by atoms with van der Waals surface area (Å²) in [4.78, 5) is 25.8. The highest BCUT2D eigenvalue weighted by Crippen LogP contribution is 2.26. The van der Waals surface area contributed by atoms with E-state index in [1.807, 2.05) is 0 Å². The zero-order valence-electron chi connectivity index (χ0n) is 21.6. The van der Waals surface area contributed by atoms with Gasteiger partial charge in [-0.15, -0.1) is 0 Å². The van der Waals surface area contributed by atoms with Crippen LogP contribution >= 0.6 is 23.2 Å². The predicted molar refractivity (Wildman–Crippen MR) is 145 cm³/mol. The number of hydrogen-bond acceptors (Lipinski definition) is 4. The number of carbonyl (C=O) groups is 2. The average molecular weight is 593 g/mol. The van der Waals surface area contributed by atoms with E-state index in [0.717, 1.165) is 5.56 Å². The molecule has 1 atom stereocenters. The number of carboxylic acid groups (broad SMARTS) is 1. The summed E-state index contributed by atoms with van der Waals surface area (Å²) in [6.07, 6.45) is -4.17. The fourth-order valence-corrected chi connectivity index (χ4v) is 4.17. The number of anilines is 1. The van der Waals surface area contributed by atoms with Crippen molar-refractivity contribution in [1.29, 1.82) is 0 Å². The van der Waals surface area contributed by atoms with Crippen molar-refractivity contribution in [1.82, 2.24) is 4.90 Å². The number of aliphatic carboxylic acids is 1. The molecule has 39 heavy (non-hydrogen) atoms. The summed E-state index contributed by atoms with van der Waals surface area (Å²) in [6.45, 7) is 2.71. The lowest BCUT2D eigenvalue weighted by Gasteiger charge is -2.24. The molecule has 0 spiro atoms. The van der Waals surface area contributed by atoms with Crippen molar-refractivity contribution < 1.29 is 37.3 Å². The number of ether oxygens (including phenoxy) is 2. The van der Waals surface area contributed by atoms with Crippen LogP contribution in [0.4, 0.5) is 23.7 Å². The number of alkyl halides is 3. The number of hydrogen-bond donors (Lipinski definition) is 2. The molecule has 2 aromatic rings. The minimum absolute atomic E-state index is 0.0486. The monoisotopic (exact) mass is 592 g/mol. The van der Waals surface area contributed by atoms with Gasteiger partial charge in [0.25, 0.3) is 0 Å². The molecule has 0 saturated carbocycles. The number of nitrogens with zero attached hydrogens (tertiary/aromatic N) is 1. The molecule has 0 bridgehead atoms. The molecule has 0 heterocycles. The Labute approximate surface area is 236 Å². The second kappa shape index (κ2) is 16.4. The van der Waals surface area contributed by atoms with Crippen LogP contribution in [0.1, 0.15) is 44.6 Å². The van der Waals surface area contributed by atoms with Crippen LogP contribution in [-0.2, 0) is 16.0 Å². The number of urea groups is 1. The molecule has 0 aliphatic carbocycles. The lowest BCUT2D eigenvalue weighted by Crippen LogP contribution is -2.38. The number of amides is 2. The predicted octanol–water partition coefficient (Wildman–Crippen LogP) is 7.45. The summed E-state index contributed by atoms with van der Waals surface area (Å²) in [5, 5.41) is 12.7. The second-order valence-electron chi connectivity index (χ2n) is 8.80. The van der Waals surface area contributed by atoms with Crippen molar-refractivity contribution in [3.05, 3.63) is 58.1 Å². The molecular formula is C27H33Cl2F3N2O5. The number of nitrogens with one attached hydrogen (secondary N) is 1. The van der Waals surface area contributed by atoms with Gasteiger partial charge in [-0.2, -0.15) is 13.2 Å². The highest BCUT2D eigenvalue weighted by molar-refractivity contribution is 6.36. The van der Waals surface area contributed by atoms with Crippen LogP contribution < -0.4 is 10.1 Å². The SMILES string of the molecule is CCOC(Cc1ccc(OCCN(CCCCCCC(F)(F)F)C(=O)Nc2ccc(Cl)cc2Cl)cc1)C(=O)O. The fraction of sp³-hybridized carbons (Fsp3) is 0.481. The lowest BCUT2D eigenvalue weighted by atomic mass is 10.1. The van der Waals surface area contributed by atoms with Crippen LogP contribution in [0.3, 0.4) is 0 Å². The van der Waals surface area contributed by atoms with Crippen molar-refractivity contribution in [3.63, 3.8) is 0 Å². The van der Waals surface area contributed by atoms with Crippen molar-refractivity contribution in [2.24, 2.45) is 0 Å². The molecule has 12 heteroatoms. The van der Waals surface area contributed by atoms with Crippen LogP contribution in [0.15, 0.2) is 42.5 Å². The van der Waals surface area contributed by atoms with Crippen LogP contribution in [0.2, 0.25) is 10.0 Å². The van der Waals surface area contributed by atoms with E-state index in [1.165, 1.54) is 11.0 Å². The van der Waals surface area contributed by atoms with Crippen LogP contribution in [-0.4, -0.2) is 60.6 Å². The van der Waals surface area contributed by atoms with Crippen LogP contribution in [0.5, 0.6) is 5.75 Å². The summed E-state index contributed by atoms with van der Waals surface area (Å²) in [7, 11) is 0. The van der Waals surface area contributed by atoms with Gasteiger partial charge >= 0.3 is 18.2 Å². The maximum atomic E-state index is 13.0. The van der Waals surface area contributed by atoms with Gasteiger partial charge in [-0.25, -0.2) is 9.59 Å². The van der Waals surface area contributed by atoms with Gasteiger partial charge in [-0.3, -0.25) is 0 Å². The average Bonchev–Trinajstić information content (AvgIpc) is 2.86. The van der Waals surface area contributed by atoms with Crippen LogP contribution in [0, 0.1) is 0 Å². The molecule has 0 fully saturated rings. The van der Waals surface area contributed by atoms with Crippen molar-refractivity contribution >= 4 is 40.9 Å². The highest BCUT2D eigenvalue weighted by Gasteiger charge is 2.25. The number of carbonyl (C=O) groups excluding carboxylic acids is 1. The van der Waals surface area contributed by atoms with Gasteiger partial charge in [0.05, 0.1) is 17.3 Å². The van der Waals surface area contributed by atoms with Gasteiger partial charge in [0.15, 0.2) is 6.10 Å². The summed E-state index contributed by atoms with van der Waals surface area (Å²) in [5.41, 5.74) is 1.15. The molecule has 0 saturated heterocycles. The van der Waals surface area contributed by atoms with Crippen LogP contribution in [0.25, 0.3) is 0 Å². The van der Waals surface area contributed by atoms with E-state index in [0.29, 0.717) is 48.9 Å². The Morgan fingerprint density at radius 1 is 1.03 bits per heavy atom. The molecule has 0 aliphatic rings. The normalized spacial score (nSPS) is 12.2. The number of benzene rings is 2. The number of halogens is 5. The number of carboxylic acids is 1. The van der Waals surface area contributed by atoms with Gasteiger partial charge in [-0.05, 0) is 55.7 Å². The summed E-state index contributed by atoms with van der Waals surface area (Å²) in [5.74, 6) is -0.494. The highest BCUT2D eigenvalue weighted by atomic mass is 35.5. The van der Waals surface area contributed by atoms with E-state index in [4.69, 9.17) is 32.7 Å². The molecule has 0 aliphatic heterocycles. The Morgan fingerprint density at radius 3 is 2.33 bits per heavy atom. The molecule has 2 aromatic carbocycles. The molecule has 1 unspecified atom stereocenters. The molecule has 2 N–H and O–H groups in total. The van der Waals surface area contributed by atoms with Gasteiger partial charge < -0.3 is 24.8 Å². The first-order valence-electron chi connectivity index (χ1n) is 12.6. The number of unbranched alkanes of at least 4 members (excludes halogenated alkanes) is 3. The topological polar surface area (TPSA) is 88.1 Å².